The molecule has 152 valence electrons. The van der Waals surface area contributed by atoms with Gasteiger partial charge in [0.2, 0.25) is 5.91 Å². The molecule has 1 aliphatic heterocycles. The van der Waals surface area contributed by atoms with E-state index in [1.807, 2.05) is 12.1 Å². The molecule has 29 heavy (non-hydrogen) atoms. The third-order valence-corrected chi connectivity index (χ3v) is 5.61. The van der Waals surface area contributed by atoms with E-state index in [1.54, 1.807) is 36.9 Å². The number of carbonyl (C=O) groups is 1. The number of para-hydroxylation sites is 1. The van der Waals surface area contributed by atoms with E-state index < -0.39 is 5.92 Å². The zero-order valence-electron chi connectivity index (χ0n) is 16.4. The number of nitrogens with zero attached hydrogens (tertiary/aromatic N) is 2. The summed E-state index contributed by atoms with van der Waals surface area (Å²) in [4.78, 5) is 29.7. The summed E-state index contributed by atoms with van der Waals surface area (Å²) in [5, 5.41) is 3.35. The van der Waals surface area contributed by atoms with E-state index in [0.29, 0.717) is 39.4 Å². The van der Waals surface area contributed by atoms with Gasteiger partial charge in [-0.3, -0.25) is 9.59 Å². The number of thioether (sulfide) groups is 1. The van der Waals surface area contributed by atoms with Crippen molar-refractivity contribution in [1.82, 2.24) is 9.55 Å². The molecule has 0 fully saturated rings. The zero-order chi connectivity index (χ0) is 21.0. The molecule has 7 nitrogen and oxygen atoms in total. The molecule has 1 N–H and O–H groups in total. The standard InChI is InChI=1S/C21H23N3O4S/c1-5-10-28-18-13(8-7-9-15(18)27-4)14-12-16(25)22-19-17(14)20(26)23-21(24(19)3)29-11-6-2/h5-9,14H,1-2,10-12H2,3-4H3,(H,22,25)/t14-/m1/s1. The Morgan fingerprint density at radius 2 is 2.14 bits per heavy atom. The van der Waals surface area contributed by atoms with E-state index in [9.17, 15) is 9.59 Å². The Morgan fingerprint density at radius 1 is 1.34 bits per heavy atom. The maximum Gasteiger partial charge on any atom is 0.279 e. The monoisotopic (exact) mass is 413 g/mol. The third kappa shape index (κ3) is 4.07. The van der Waals surface area contributed by atoms with Crippen molar-refractivity contribution in [2.24, 2.45) is 7.05 Å². The molecule has 1 atom stereocenters. The average Bonchev–Trinajstić information content (AvgIpc) is 2.72. The lowest BCUT2D eigenvalue weighted by Crippen LogP contribution is -2.33. The molecular formula is C21H23N3O4S. The van der Waals surface area contributed by atoms with E-state index in [4.69, 9.17) is 9.47 Å². The van der Waals surface area contributed by atoms with Crippen LogP contribution in [-0.4, -0.2) is 34.9 Å². The van der Waals surface area contributed by atoms with Crippen molar-refractivity contribution in [3.05, 3.63) is 65.0 Å². The van der Waals surface area contributed by atoms with Gasteiger partial charge < -0.3 is 19.4 Å². The maximum absolute atomic E-state index is 13.0. The van der Waals surface area contributed by atoms with Gasteiger partial charge in [-0.25, -0.2) is 0 Å². The summed E-state index contributed by atoms with van der Waals surface area (Å²) in [6.45, 7) is 7.64. The van der Waals surface area contributed by atoms with Crippen LogP contribution >= 0.6 is 11.8 Å². The number of fused-ring (bicyclic) bond motifs is 1. The van der Waals surface area contributed by atoms with Crippen LogP contribution in [0.4, 0.5) is 5.82 Å². The molecule has 0 bridgehead atoms. The molecule has 0 saturated carbocycles. The van der Waals surface area contributed by atoms with Gasteiger partial charge in [0.15, 0.2) is 16.7 Å². The third-order valence-electron chi connectivity index (χ3n) is 4.58. The van der Waals surface area contributed by atoms with Crippen LogP contribution in [0.5, 0.6) is 11.5 Å². The highest BCUT2D eigenvalue weighted by Crippen LogP contribution is 2.43. The second-order valence-corrected chi connectivity index (χ2v) is 7.39. The van der Waals surface area contributed by atoms with E-state index in [1.165, 1.54) is 11.8 Å². The Labute approximate surface area is 173 Å². The van der Waals surface area contributed by atoms with Crippen molar-refractivity contribution in [1.29, 1.82) is 0 Å². The molecular weight excluding hydrogens is 390 g/mol. The van der Waals surface area contributed by atoms with Crippen molar-refractivity contribution in [2.75, 3.05) is 24.8 Å². The highest BCUT2D eigenvalue weighted by Gasteiger charge is 2.34. The predicted molar refractivity (Wildman–Crippen MR) is 114 cm³/mol. The first kappa shape index (κ1) is 20.7. The first-order valence-electron chi connectivity index (χ1n) is 9.06. The van der Waals surface area contributed by atoms with Gasteiger partial charge in [-0.2, -0.15) is 4.98 Å². The lowest BCUT2D eigenvalue weighted by molar-refractivity contribution is -0.116. The number of ether oxygens (including phenoxy) is 2. The first-order valence-corrected chi connectivity index (χ1v) is 10.0. The lowest BCUT2D eigenvalue weighted by atomic mass is 9.86. The molecule has 1 aliphatic rings. The summed E-state index contributed by atoms with van der Waals surface area (Å²) in [6.07, 6.45) is 3.47. The van der Waals surface area contributed by atoms with Crippen molar-refractivity contribution in [3.63, 3.8) is 0 Å². The highest BCUT2D eigenvalue weighted by molar-refractivity contribution is 7.99. The van der Waals surface area contributed by atoms with Gasteiger partial charge in [0, 0.05) is 30.7 Å². The zero-order valence-corrected chi connectivity index (χ0v) is 17.3. The van der Waals surface area contributed by atoms with Crippen LogP contribution in [0, 0.1) is 0 Å². The van der Waals surface area contributed by atoms with Gasteiger partial charge in [0.1, 0.15) is 12.4 Å². The summed E-state index contributed by atoms with van der Waals surface area (Å²) in [5.41, 5.74) is 0.770. The quantitative estimate of drug-likeness (QED) is 0.407. The fraction of sp³-hybridized carbons (Fsp3) is 0.286. The summed E-state index contributed by atoms with van der Waals surface area (Å²) < 4.78 is 13.0. The first-order chi connectivity index (χ1) is 14.0. The van der Waals surface area contributed by atoms with Gasteiger partial charge >= 0.3 is 0 Å². The average molecular weight is 413 g/mol. The van der Waals surface area contributed by atoms with Crippen LogP contribution in [0.3, 0.4) is 0 Å². The number of amides is 1. The van der Waals surface area contributed by atoms with E-state index in [2.05, 4.69) is 23.5 Å². The molecule has 1 aromatic carbocycles. The molecule has 2 aromatic rings. The predicted octanol–water partition coefficient (Wildman–Crippen LogP) is 3.11. The highest BCUT2D eigenvalue weighted by atomic mass is 32.2. The number of nitrogens with one attached hydrogen (secondary N) is 1. The second kappa shape index (κ2) is 9.00. The minimum atomic E-state index is -0.502. The number of methoxy groups -OCH3 is 1. The van der Waals surface area contributed by atoms with Crippen LogP contribution in [0.1, 0.15) is 23.5 Å². The number of carbonyl (C=O) groups excluding carboxylic acids is 1. The number of rotatable bonds is 8. The maximum atomic E-state index is 13.0. The molecule has 2 heterocycles. The molecule has 1 amide bonds. The van der Waals surface area contributed by atoms with Crippen molar-refractivity contribution in [3.8, 4) is 11.5 Å². The van der Waals surface area contributed by atoms with E-state index in [-0.39, 0.29) is 24.5 Å². The molecule has 0 aliphatic carbocycles. The Kier molecular flexibility index (Phi) is 6.43. The summed E-state index contributed by atoms with van der Waals surface area (Å²) in [6, 6.07) is 5.43. The number of hydrogen-bond acceptors (Lipinski definition) is 6. The van der Waals surface area contributed by atoms with Crippen LogP contribution in [0.15, 0.2) is 53.5 Å². The fourth-order valence-electron chi connectivity index (χ4n) is 3.33. The summed E-state index contributed by atoms with van der Waals surface area (Å²) >= 11 is 1.38. The largest absolute Gasteiger partial charge is 0.493 e. The smallest absolute Gasteiger partial charge is 0.279 e. The minimum Gasteiger partial charge on any atom is -0.493 e. The van der Waals surface area contributed by atoms with Crippen LogP contribution in [0.25, 0.3) is 0 Å². The Morgan fingerprint density at radius 3 is 2.83 bits per heavy atom. The fourth-order valence-corrected chi connectivity index (χ4v) is 4.03. The van der Waals surface area contributed by atoms with Crippen LogP contribution in [-0.2, 0) is 11.8 Å². The number of aromatic nitrogens is 2. The summed E-state index contributed by atoms with van der Waals surface area (Å²) in [5.74, 6) is 1.40. The molecule has 3 rings (SSSR count). The van der Waals surface area contributed by atoms with E-state index >= 15 is 0 Å². The lowest BCUT2D eigenvalue weighted by Gasteiger charge is -2.28. The van der Waals surface area contributed by atoms with Gasteiger partial charge in [-0.05, 0) is 6.07 Å². The SMILES string of the molecule is C=CCOc1c(OC)cccc1[C@H]1CC(=O)Nc2c1c(=O)nc(SCC=C)n2C. The Balaban J connectivity index is 2.19. The van der Waals surface area contributed by atoms with Gasteiger partial charge in [0.25, 0.3) is 5.56 Å². The molecule has 8 heteroatoms. The number of hydrogen-bond donors (Lipinski definition) is 1. The molecule has 0 spiro atoms. The van der Waals surface area contributed by atoms with E-state index in [0.717, 1.165) is 0 Å². The molecule has 0 radical (unpaired) electrons. The van der Waals surface area contributed by atoms with Gasteiger partial charge in [-0.1, -0.05) is 42.6 Å². The molecule has 1 aromatic heterocycles. The minimum absolute atomic E-state index is 0.112. The van der Waals surface area contributed by atoms with Gasteiger partial charge in [0.05, 0.1) is 12.7 Å². The number of benzene rings is 1. The Bertz CT molecular complexity index is 1020. The number of anilines is 1. The second-order valence-electron chi connectivity index (χ2n) is 6.40. The summed E-state index contributed by atoms with van der Waals surface area (Å²) in [7, 11) is 3.32. The van der Waals surface area contributed by atoms with Gasteiger partial charge in [-0.15, -0.1) is 6.58 Å². The Hall–Kier alpha value is -3.00. The van der Waals surface area contributed by atoms with Crippen molar-refractivity contribution < 1.29 is 14.3 Å². The van der Waals surface area contributed by atoms with Crippen LogP contribution in [0.2, 0.25) is 0 Å². The van der Waals surface area contributed by atoms with Crippen molar-refractivity contribution in [2.45, 2.75) is 17.5 Å². The topological polar surface area (TPSA) is 82.4 Å². The van der Waals surface area contributed by atoms with Crippen molar-refractivity contribution >= 4 is 23.5 Å². The normalized spacial score (nSPS) is 15.2. The molecule has 0 unspecified atom stereocenters. The van der Waals surface area contributed by atoms with Crippen LogP contribution < -0.4 is 20.3 Å². The molecule has 0 saturated heterocycles.